The van der Waals surface area contributed by atoms with Gasteiger partial charge in [0.2, 0.25) is 0 Å². The predicted molar refractivity (Wildman–Crippen MR) is 96.3 cm³/mol. The van der Waals surface area contributed by atoms with E-state index in [9.17, 15) is 0 Å². The first-order chi connectivity index (χ1) is 11.2. The van der Waals surface area contributed by atoms with Crippen LogP contribution in [0.1, 0.15) is 22.6 Å². The normalized spacial score (nSPS) is 20.2. The van der Waals surface area contributed by atoms with Gasteiger partial charge in [-0.15, -0.1) is 11.3 Å². The maximum absolute atomic E-state index is 6.88. The summed E-state index contributed by atoms with van der Waals surface area (Å²) in [7, 11) is 0. The Kier molecular flexibility index (Phi) is 3.43. The number of rotatable bonds is 2. The first kappa shape index (κ1) is 14.4. The molecule has 3 nitrogen and oxygen atoms in total. The van der Waals surface area contributed by atoms with Crippen LogP contribution in [0.4, 0.5) is 5.13 Å². The lowest BCUT2D eigenvalue weighted by atomic mass is 9.76. The molecule has 1 aliphatic carbocycles. The highest BCUT2D eigenvalue weighted by atomic mass is 32.1. The molecule has 4 rings (SSSR count). The third kappa shape index (κ3) is 2.54. The molecule has 1 aromatic heterocycles. The maximum Gasteiger partial charge on any atom is 0.180 e. The number of hydrogen-bond donors (Lipinski definition) is 2. The second-order valence-corrected chi connectivity index (χ2v) is 7.28. The molecular formula is C19H19N3S. The molecule has 2 aromatic carbocycles. The monoisotopic (exact) mass is 321 g/mol. The van der Waals surface area contributed by atoms with Crippen molar-refractivity contribution in [2.75, 3.05) is 5.73 Å². The van der Waals surface area contributed by atoms with Gasteiger partial charge in [0.1, 0.15) is 0 Å². The number of nitrogens with two attached hydrogens (primary N) is 2. The van der Waals surface area contributed by atoms with E-state index in [1.54, 1.807) is 11.3 Å². The van der Waals surface area contributed by atoms with Gasteiger partial charge >= 0.3 is 0 Å². The van der Waals surface area contributed by atoms with Crippen LogP contribution in [0.15, 0.2) is 54.6 Å². The smallest absolute Gasteiger partial charge is 0.180 e. The maximum atomic E-state index is 6.88. The average molecular weight is 321 g/mol. The van der Waals surface area contributed by atoms with Crippen molar-refractivity contribution < 1.29 is 0 Å². The molecule has 0 saturated heterocycles. The fourth-order valence-electron chi connectivity index (χ4n) is 3.47. The molecule has 1 heterocycles. The van der Waals surface area contributed by atoms with Gasteiger partial charge in [-0.1, -0.05) is 54.6 Å². The standard InChI is InChI=1S/C19H19N3S/c20-18-22-16-10-11-19(21,12-17(16)23-18)15-9-5-4-8-14(15)13-6-2-1-3-7-13/h1-9H,10-12,21H2,(H2,20,22). The Morgan fingerprint density at radius 1 is 1.00 bits per heavy atom. The number of aromatic nitrogens is 1. The molecule has 4 heteroatoms. The van der Waals surface area contributed by atoms with Crippen molar-refractivity contribution in [3.8, 4) is 11.1 Å². The predicted octanol–water partition coefficient (Wildman–Crippen LogP) is 3.74. The van der Waals surface area contributed by atoms with Crippen LogP contribution in [-0.4, -0.2) is 4.98 Å². The first-order valence-electron chi connectivity index (χ1n) is 7.84. The Bertz CT molecular complexity index is 841. The second kappa shape index (κ2) is 5.48. The highest BCUT2D eigenvalue weighted by Gasteiger charge is 2.35. The summed E-state index contributed by atoms with van der Waals surface area (Å²) in [6, 6.07) is 18.9. The number of aryl methyl sites for hydroxylation is 1. The molecule has 0 bridgehead atoms. The summed E-state index contributed by atoms with van der Waals surface area (Å²) >= 11 is 1.58. The third-order valence-corrected chi connectivity index (χ3v) is 5.55. The molecule has 116 valence electrons. The molecule has 1 aliphatic rings. The Hall–Kier alpha value is -2.17. The molecular weight excluding hydrogens is 302 g/mol. The van der Waals surface area contributed by atoms with Gasteiger partial charge in [-0.05, 0) is 29.5 Å². The van der Waals surface area contributed by atoms with Crippen molar-refractivity contribution in [3.63, 3.8) is 0 Å². The molecule has 1 atom stereocenters. The zero-order valence-electron chi connectivity index (χ0n) is 12.8. The summed E-state index contributed by atoms with van der Waals surface area (Å²) < 4.78 is 0. The quantitative estimate of drug-likeness (QED) is 0.756. The lowest BCUT2D eigenvalue weighted by molar-refractivity contribution is 0.387. The highest BCUT2D eigenvalue weighted by molar-refractivity contribution is 7.15. The molecule has 0 radical (unpaired) electrons. The van der Waals surface area contributed by atoms with Crippen molar-refractivity contribution in [2.45, 2.75) is 24.8 Å². The molecule has 0 amide bonds. The van der Waals surface area contributed by atoms with Gasteiger partial charge in [-0.2, -0.15) is 0 Å². The molecule has 1 unspecified atom stereocenters. The zero-order valence-corrected chi connectivity index (χ0v) is 13.6. The van der Waals surface area contributed by atoms with E-state index in [-0.39, 0.29) is 5.54 Å². The number of nitrogens with zero attached hydrogens (tertiary/aromatic N) is 1. The fraction of sp³-hybridized carbons (Fsp3) is 0.211. The number of fused-ring (bicyclic) bond motifs is 1. The van der Waals surface area contributed by atoms with Gasteiger partial charge in [0.25, 0.3) is 0 Å². The molecule has 23 heavy (non-hydrogen) atoms. The van der Waals surface area contributed by atoms with Crippen molar-refractivity contribution in [3.05, 3.63) is 70.7 Å². The van der Waals surface area contributed by atoms with Crippen LogP contribution in [0.5, 0.6) is 0 Å². The first-order valence-corrected chi connectivity index (χ1v) is 8.65. The number of benzene rings is 2. The van der Waals surface area contributed by atoms with Crippen LogP contribution in [0.3, 0.4) is 0 Å². The van der Waals surface area contributed by atoms with Crippen LogP contribution < -0.4 is 11.5 Å². The Morgan fingerprint density at radius 2 is 1.74 bits per heavy atom. The SMILES string of the molecule is Nc1nc2c(s1)CC(N)(c1ccccc1-c1ccccc1)CC2. The van der Waals surface area contributed by atoms with E-state index in [0.717, 1.165) is 25.0 Å². The number of nitrogen functional groups attached to an aromatic ring is 1. The largest absolute Gasteiger partial charge is 0.375 e. The van der Waals surface area contributed by atoms with E-state index in [4.69, 9.17) is 11.5 Å². The Labute approximate surface area is 140 Å². The average Bonchev–Trinajstić information content (AvgIpc) is 2.95. The third-order valence-electron chi connectivity index (χ3n) is 4.63. The van der Waals surface area contributed by atoms with E-state index in [2.05, 4.69) is 53.5 Å². The van der Waals surface area contributed by atoms with Gasteiger partial charge in [0.05, 0.1) is 5.69 Å². The van der Waals surface area contributed by atoms with E-state index < -0.39 is 0 Å². The van der Waals surface area contributed by atoms with Crippen molar-refractivity contribution in [2.24, 2.45) is 5.73 Å². The Balaban J connectivity index is 1.79. The second-order valence-electron chi connectivity index (χ2n) is 6.17. The molecule has 4 N–H and O–H groups in total. The van der Waals surface area contributed by atoms with Gasteiger partial charge in [-0.3, -0.25) is 0 Å². The van der Waals surface area contributed by atoms with E-state index in [0.29, 0.717) is 5.13 Å². The number of anilines is 1. The summed E-state index contributed by atoms with van der Waals surface area (Å²) in [5.41, 5.74) is 17.2. The van der Waals surface area contributed by atoms with Gasteiger partial charge in [-0.25, -0.2) is 4.98 Å². The van der Waals surface area contributed by atoms with Gasteiger partial charge in [0.15, 0.2) is 5.13 Å². The summed E-state index contributed by atoms with van der Waals surface area (Å²) in [6.07, 6.45) is 2.59. The van der Waals surface area contributed by atoms with E-state index in [1.807, 2.05) is 6.07 Å². The van der Waals surface area contributed by atoms with Crippen molar-refractivity contribution in [1.29, 1.82) is 0 Å². The van der Waals surface area contributed by atoms with Crippen LogP contribution in [0, 0.1) is 0 Å². The molecule has 0 spiro atoms. The lowest BCUT2D eigenvalue weighted by Gasteiger charge is -2.35. The topological polar surface area (TPSA) is 64.9 Å². The summed E-state index contributed by atoms with van der Waals surface area (Å²) in [6.45, 7) is 0. The van der Waals surface area contributed by atoms with Crippen LogP contribution in [0.25, 0.3) is 11.1 Å². The molecule has 0 aliphatic heterocycles. The lowest BCUT2D eigenvalue weighted by Crippen LogP contribution is -2.42. The van der Waals surface area contributed by atoms with Crippen LogP contribution in [-0.2, 0) is 18.4 Å². The summed E-state index contributed by atoms with van der Waals surface area (Å²) in [5.74, 6) is 0. The Morgan fingerprint density at radius 3 is 2.57 bits per heavy atom. The van der Waals surface area contributed by atoms with Gasteiger partial charge < -0.3 is 11.5 Å². The summed E-state index contributed by atoms with van der Waals surface area (Å²) in [4.78, 5) is 5.67. The molecule has 0 fully saturated rings. The molecule has 3 aromatic rings. The van der Waals surface area contributed by atoms with E-state index >= 15 is 0 Å². The minimum absolute atomic E-state index is 0.363. The number of thiazole rings is 1. The van der Waals surface area contributed by atoms with E-state index in [1.165, 1.54) is 21.6 Å². The minimum Gasteiger partial charge on any atom is -0.375 e. The van der Waals surface area contributed by atoms with Gasteiger partial charge in [0, 0.05) is 16.8 Å². The van der Waals surface area contributed by atoms with Crippen LogP contribution in [0.2, 0.25) is 0 Å². The molecule has 0 saturated carbocycles. The fourth-order valence-corrected chi connectivity index (χ4v) is 4.47. The minimum atomic E-state index is -0.363. The van der Waals surface area contributed by atoms with Crippen molar-refractivity contribution in [1.82, 2.24) is 4.98 Å². The zero-order chi connectivity index (χ0) is 15.9. The number of hydrogen-bond acceptors (Lipinski definition) is 4. The highest BCUT2D eigenvalue weighted by Crippen LogP contribution is 2.41. The summed E-state index contributed by atoms with van der Waals surface area (Å²) in [5, 5.41) is 0.649. The van der Waals surface area contributed by atoms with Crippen LogP contribution >= 0.6 is 11.3 Å². The van der Waals surface area contributed by atoms with Crippen molar-refractivity contribution >= 4 is 16.5 Å².